The monoisotopic (exact) mass is 353 g/mol. The zero-order valence-electron chi connectivity index (χ0n) is 11.2. The molecule has 104 valence electrons. The minimum absolute atomic E-state index is 0. The molecule has 0 saturated heterocycles. The third-order valence-electron chi connectivity index (χ3n) is 2.31. The van der Waals surface area contributed by atoms with Crippen molar-refractivity contribution < 1.29 is 29.9 Å². The van der Waals surface area contributed by atoms with Gasteiger partial charge in [-0.1, -0.05) is 17.7 Å². The van der Waals surface area contributed by atoms with E-state index < -0.39 is 8.87 Å². The first kappa shape index (κ1) is 18.0. The average Bonchev–Trinajstić information content (AvgIpc) is 2.15. The lowest BCUT2D eigenvalue weighted by atomic mass is 10.2. The fourth-order valence-electron chi connectivity index (χ4n) is 1.19. The predicted octanol–water partition coefficient (Wildman–Crippen LogP) is -0.873. The van der Waals surface area contributed by atoms with Crippen LogP contribution in [0, 0.1) is 6.92 Å². The van der Waals surface area contributed by atoms with Crippen LogP contribution in [0.5, 0.6) is 0 Å². The van der Waals surface area contributed by atoms with Crippen molar-refractivity contribution in [2.45, 2.75) is 11.8 Å². The van der Waals surface area contributed by atoms with Crippen LogP contribution in [-0.2, 0) is 8.87 Å². The molecule has 0 aliphatic heterocycles. The lowest BCUT2D eigenvalue weighted by Crippen LogP contribution is -3.00. The SMILES string of the molecule is Cc1ccc(S(=O)(=O)SCC[N+](C)(C)C)cc1.[Br-]. The van der Waals surface area contributed by atoms with Crippen LogP contribution in [0.3, 0.4) is 0 Å². The highest BCUT2D eigenvalue weighted by atomic mass is 79.9. The van der Waals surface area contributed by atoms with E-state index in [0.29, 0.717) is 10.6 Å². The summed E-state index contributed by atoms with van der Waals surface area (Å²) in [6.45, 7) is 2.77. The Hall–Kier alpha value is -0.0400. The summed E-state index contributed by atoms with van der Waals surface area (Å²) in [4.78, 5) is 0.398. The maximum absolute atomic E-state index is 12.0. The van der Waals surface area contributed by atoms with Gasteiger partial charge in [0.2, 0.25) is 8.87 Å². The summed E-state index contributed by atoms with van der Waals surface area (Å²) in [5.74, 6) is 0.611. The van der Waals surface area contributed by atoms with E-state index in [0.717, 1.165) is 27.4 Å². The molecule has 0 aromatic heterocycles. The Labute approximate surface area is 124 Å². The number of nitrogens with zero attached hydrogens (tertiary/aromatic N) is 1. The smallest absolute Gasteiger partial charge is 0.230 e. The van der Waals surface area contributed by atoms with Crippen LogP contribution in [0.25, 0.3) is 0 Å². The Morgan fingerprint density at radius 2 is 1.61 bits per heavy atom. The van der Waals surface area contributed by atoms with Crippen molar-refractivity contribution in [2.24, 2.45) is 0 Å². The van der Waals surface area contributed by atoms with Gasteiger partial charge in [-0.25, -0.2) is 8.42 Å². The highest BCUT2D eigenvalue weighted by Gasteiger charge is 2.17. The van der Waals surface area contributed by atoms with Crippen LogP contribution in [0.1, 0.15) is 5.56 Å². The maximum Gasteiger partial charge on any atom is 0.230 e. The third kappa shape index (κ3) is 6.22. The number of hydrogen-bond acceptors (Lipinski definition) is 3. The largest absolute Gasteiger partial charge is 1.00 e. The molecular weight excluding hydrogens is 334 g/mol. The van der Waals surface area contributed by atoms with Gasteiger partial charge in [-0.15, -0.1) is 0 Å². The quantitative estimate of drug-likeness (QED) is 0.509. The molecule has 0 heterocycles. The summed E-state index contributed by atoms with van der Waals surface area (Å²) in [6, 6.07) is 6.99. The van der Waals surface area contributed by atoms with Gasteiger partial charge < -0.3 is 21.5 Å². The van der Waals surface area contributed by atoms with Gasteiger partial charge >= 0.3 is 0 Å². The van der Waals surface area contributed by atoms with Crippen LogP contribution in [0.2, 0.25) is 0 Å². The average molecular weight is 354 g/mol. The molecule has 6 heteroatoms. The summed E-state index contributed by atoms with van der Waals surface area (Å²) in [6.07, 6.45) is 0. The summed E-state index contributed by atoms with van der Waals surface area (Å²) >= 11 is 0. The fraction of sp³-hybridized carbons (Fsp3) is 0.500. The standard InChI is InChI=1S/C12H20NO2S2.BrH/c1-11-5-7-12(8-6-11)17(14,15)16-10-9-13(2,3)4;/h5-8H,9-10H2,1-4H3;1H/q+1;/p-1. The molecule has 18 heavy (non-hydrogen) atoms. The lowest BCUT2D eigenvalue weighted by molar-refractivity contribution is -0.867. The zero-order chi connectivity index (χ0) is 13.1. The molecule has 0 aliphatic carbocycles. The molecule has 1 aromatic carbocycles. The van der Waals surface area contributed by atoms with Crippen LogP contribution >= 0.6 is 10.8 Å². The minimum atomic E-state index is -3.19. The molecule has 0 saturated carbocycles. The Balaban J connectivity index is 0.00000289. The molecule has 0 atom stereocenters. The minimum Gasteiger partial charge on any atom is -1.00 e. The molecule has 0 radical (unpaired) electrons. The molecule has 0 spiro atoms. The van der Waals surface area contributed by atoms with Gasteiger partial charge in [-0.2, -0.15) is 0 Å². The number of rotatable bonds is 5. The first-order valence-corrected chi connectivity index (χ1v) is 8.46. The second-order valence-electron chi connectivity index (χ2n) is 5.10. The summed E-state index contributed by atoms with van der Waals surface area (Å²) in [5, 5.41) is 0. The van der Waals surface area contributed by atoms with Crippen molar-refractivity contribution in [1.29, 1.82) is 0 Å². The number of halogens is 1. The molecule has 0 unspecified atom stereocenters. The lowest BCUT2D eigenvalue weighted by Gasteiger charge is -2.23. The van der Waals surface area contributed by atoms with Gasteiger partial charge in [0.1, 0.15) is 0 Å². The Morgan fingerprint density at radius 1 is 1.11 bits per heavy atom. The van der Waals surface area contributed by atoms with E-state index in [2.05, 4.69) is 21.1 Å². The highest BCUT2D eigenvalue weighted by Crippen LogP contribution is 2.23. The number of benzene rings is 1. The van der Waals surface area contributed by atoms with E-state index in [1.54, 1.807) is 12.1 Å². The van der Waals surface area contributed by atoms with E-state index in [-0.39, 0.29) is 17.0 Å². The van der Waals surface area contributed by atoms with E-state index in [1.807, 2.05) is 19.1 Å². The Kier molecular flexibility index (Phi) is 6.92. The van der Waals surface area contributed by atoms with Gasteiger partial charge in [0, 0.05) is 0 Å². The zero-order valence-corrected chi connectivity index (χ0v) is 14.4. The molecular formula is C12H20BrNO2S2. The molecule has 1 rings (SSSR count). The Morgan fingerprint density at radius 3 is 2.06 bits per heavy atom. The van der Waals surface area contributed by atoms with E-state index in [9.17, 15) is 8.42 Å². The molecule has 0 bridgehead atoms. The van der Waals surface area contributed by atoms with Crippen LogP contribution in [0.15, 0.2) is 29.2 Å². The van der Waals surface area contributed by atoms with Crippen LogP contribution in [0.4, 0.5) is 0 Å². The number of quaternary nitrogens is 1. The highest BCUT2D eigenvalue weighted by molar-refractivity contribution is 8.72. The third-order valence-corrected chi connectivity index (χ3v) is 5.83. The fourth-order valence-corrected chi connectivity index (χ4v) is 4.26. The van der Waals surface area contributed by atoms with E-state index in [1.165, 1.54) is 0 Å². The normalized spacial score (nSPS) is 12.0. The summed E-state index contributed by atoms with van der Waals surface area (Å²) in [7, 11) is 3.99. The van der Waals surface area contributed by atoms with Crippen molar-refractivity contribution in [1.82, 2.24) is 0 Å². The van der Waals surface area contributed by atoms with Crippen LogP contribution < -0.4 is 17.0 Å². The molecule has 0 amide bonds. The molecule has 0 N–H and O–H groups in total. The van der Waals surface area contributed by atoms with Crippen molar-refractivity contribution in [3.63, 3.8) is 0 Å². The second-order valence-corrected chi connectivity index (χ2v) is 9.15. The van der Waals surface area contributed by atoms with Crippen molar-refractivity contribution in [3.8, 4) is 0 Å². The van der Waals surface area contributed by atoms with Crippen molar-refractivity contribution in [2.75, 3.05) is 33.4 Å². The summed E-state index contributed by atoms with van der Waals surface area (Å²) in [5.41, 5.74) is 1.07. The van der Waals surface area contributed by atoms with E-state index in [4.69, 9.17) is 0 Å². The summed E-state index contributed by atoms with van der Waals surface area (Å²) < 4.78 is 24.7. The van der Waals surface area contributed by atoms with Crippen molar-refractivity contribution in [3.05, 3.63) is 29.8 Å². The van der Waals surface area contributed by atoms with Gasteiger partial charge in [0.05, 0.1) is 38.3 Å². The van der Waals surface area contributed by atoms with Gasteiger partial charge in [-0.3, -0.25) is 0 Å². The van der Waals surface area contributed by atoms with Gasteiger partial charge in [-0.05, 0) is 29.9 Å². The van der Waals surface area contributed by atoms with Crippen LogP contribution in [-0.4, -0.2) is 46.3 Å². The molecule has 1 aromatic rings. The molecule has 0 fully saturated rings. The topological polar surface area (TPSA) is 34.1 Å². The van der Waals surface area contributed by atoms with Gasteiger partial charge in [0.15, 0.2) is 0 Å². The second kappa shape index (κ2) is 6.93. The number of aryl methyl sites for hydroxylation is 1. The maximum atomic E-state index is 12.0. The Bertz CT molecular complexity index is 464. The van der Waals surface area contributed by atoms with E-state index >= 15 is 0 Å². The van der Waals surface area contributed by atoms with Gasteiger partial charge in [0.25, 0.3) is 0 Å². The first-order valence-electron chi connectivity index (χ1n) is 5.47. The molecule has 3 nitrogen and oxygen atoms in total. The number of hydrogen-bond donors (Lipinski definition) is 0. The molecule has 0 aliphatic rings. The van der Waals surface area contributed by atoms with Crippen molar-refractivity contribution >= 4 is 19.7 Å². The predicted molar refractivity (Wildman–Crippen MR) is 73.7 cm³/mol. The first-order chi connectivity index (χ1) is 7.71.